The van der Waals surface area contributed by atoms with E-state index in [0.29, 0.717) is 29.7 Å². The molecule has 2 amide bonds. The normalized spacial score (nSPS) is 10.4. The summed E-state index contributed by atoms with van der Waals surface area (Å²) >= 11 is 0. The van der Waals surface area contributed by atoms with Crippen LogP contribution in [0.25, 0.3) is 0 Å². The van der Waals surface area contributed by atoms with Gasteiger partial charge >= 0.3 is 0 Å². The molecule has 0 aliphatic carbocycles. The summed E-state index contributed by atoms with van der Waals surface area (Å²) in [5.74, 6) is -0.771. The fourth-order valence-electron chi connectivity index (χ4n) is 3.04. The maximum Gasteiger partial charge on any atom is 0.255 e. The van der Waals surface area contributed by atoms with Crippen LogP contribution in [0.3, 0.4) is 0 Å². The van der Waals surface area contributed by atoms with Crippen LogP contribution < -0.4 is 10.6 Å². The Bertz CT molecular complexity index is 1030. The second kappa shape index (κ2) is 9.15. The number of hydrogen-bond donors (Lipinski definition) is 2. The van der Waals surface area contributed by atoms with Crippen LogP contribution in [-0.4, -0.2) is 18.4 Å². The zero-order chi connectivity index (χ0) is 20.8. The maximum absolute atomic E-state index is 13.6. The summed E-state index contributed by atoms with van der Waals surface area (Å²) in [6.45, 7) is 4.27. The van der Waals surface area contributed by atoms with E-state index < -0.39 is 0 Å². The Morgan fingerprint density at radius 2 is 1.52 bits per heavy atom. The first-order valence-electron chi connectivity index (χ1n) is 9.44. The Balaban J connectivity index is 1.56. The van der Waals surface area contributed by atoms with Gasteiger partial charge in [0.15, 0.2) is 0 Å². The van der Waals surface area contributed by atoms with Gasteiger partial charge in [-0.05, 0) is 67.8 Å². The molecule has 2 N–H and O–H groups in total. The predicted octanol–water partition coefficient (Wildman–Crippen LogP) is 4.67. The molecule has 0 saturated carbocycles. The molecular formula is C24H23FN2O2. The van der Waals surface area contributed by atoms with E-state index in [2.05, 4.69) is 10.6 Å². The van der Waals surface area contributed by atoms with Crippen molar-refractivity contribution >= 4 is 17.5 Å². The first kappa shape index (κ1) is 20.3. The van der Waals surface area contributed by atoms with Crippen molar-refractivity contribution in [2.24, 2.45) is 0 Å². The number of nitrogens with one attached hydrogen (secondary N) is 2. The van der Waals surface area contributed by atoms with E-state index in [0.717, 1.165) is 16.8 Å². The molecule has 3 aromatic rings. The molecule has 0 bridgehead atoms. The lowest BCUT2D eigenvalue weighted by atomic mass is 10.1. The number of amides is 2. The minimum Gasteiger partial charge on any atom is -0.352 e. The molecule has 0 fully saturated rings. The van der Waals surface area contributed by atoms with Crippen molar-refractivity contribution < 1.29 is 14.0 Å². The minimum absolute atomic E-state index is 0.233. The average Bonchev–Trinajstić information content (AvgIpc) is 2.71. The molecular weight excluding hydrogens is 367 g/mol. The van der Waals surface area contributed by atoms with Crippen molar-refractivity contribution in [2.45, 2.75) is 20.3 Å². The zero-order valence-electron chi connectivity index (χ0n) is 16.5. The molecule has 0 aliphatic heterocycles. The standard InChI is InChI=1S/C24H23FN2O2/c1-16-7-12-22(17(2)15-16)27-24(29)20-10-8-19(9-11-20)23(28)26-14-13-18-5-3-4-6-21(18)25/h3-12,15H,13-14H2,1-2H3,(H,26,28)(H,27,29). The second-order valence-corrected chi connectivity index (χ2v) is 6.95. The lowest BCUT2D eigenvalue weighted by Crippen LogP contribution is -2.26. The highest BCUT2D eigenvalue weighted by Crippen LogP contribution is 2.17. The van der Waals surface area contributed by atoms with Gasteiger partial charge in [0.05, 0.1) is 0 Å². The summed E-state index contributed by atoms with van der Waals surface area (Å²) in [6, 6.07) is 18.8. The van der Waals surface area contributed by atoms with Gasteiger partial charge in [0, 0.05) is 23.4 Å². The minimum atomic E-state index is -0.277. The molecule has 0 unspecified atom stereocenters. The smallest absolute Gasteiger partial charge is 0.255 e. The van der Waals surface area contributed by atoms with Crippen LogP contribution in [0.2, 0.25) is 0 Å². The summed E-state index contributed by atoms with van der Waals surface area (Å²) in [7, 11) is 0. The van der Waals surface area contributed by atoms with E-state index >= 15 is 0 Å². The van der Waals surface area contributed by atoms with Crippen LogP contribution >= 0.6 is 0 Å². The maximum atomic E-state index is 13.6. The lowest BCUT2D eigenvalue weighted by Gasteiger charge is -2.10. The van der Waals surface area contributed by atoms with Crippen LogP contribution in [-0.2, 0) is 6.42 Å². The van der Waals surface area contributed by atoms with E-state index in [1.54, 1.807) is 42.5 Å². The molecule has 3 aromatic carbocycles. The first-order valence-corrected chi connectivity index (χ1v) is 9.44. The quantitative estimate of drug-likeness (QED) is 0.643. The Kier molecular flexibility index (Phi) is 6.39. The van der Waals surface area contributed by atoms with Gasteiger partial charge in [0.2, 0.25) is 0 Å². The van der Waals surface area contributed by atoms with Gasteiger partial charge in [-0.15, -0.1) is 0 Å². The van der Waals surface area contributed by atoms with Crippen molar-refractivity contribution in [2.75, 3.05) is 11.9 Å². The number of hydrogen-bond acceptors (Lipinski definition) is 2. The SMILES string of the molecule is Cc1ccc(NC(=O)c2ccc(C(=O)NCCc3ccccc3F)cc2)c(C)c1. The monoisotopic (exact) mass is 390 g/mol. The van der Waals surface area contributed by atoms with Crippen molar-refractivity contribution in [3.8, 4) is 0 Å². The van der Waals surface area contributed by atoms with Crippen molar-refractivity contribution in [1.82, 2.24) is 5.32 Å². The third-order valence-electron chi connectivity index (χ3n) is 4.68. The Hall–Kier alpha value is -3.47. The Morgan fingerprint density at radius 3 is 2.17 bits per heavy atom. The summed E-state index contributed by atoms with van der Waals surface area (Å²) in [6.07, 6.45) is 0.412. The van der Waals surface area contributed by atoms with E-state index in [-0.39, 0.29) is 17.6 Å². The largest absolute Gasteiger partial charge is 0.352 e. The number of benzene rings is 3. The summed E-state index contributed by atoms with van der Waals surface area (Å²) in [4.78, 5) is 24.7. The Labute approximate surface area is 169 Å². The number of anilines is 1. The van der Waals surface area contributed by atoms with E-state index in [1.807, 2.05) is 32.0 Å². The van der Waals surface area contributed by atoms with Crippen LogP contribution in [0.1, 0.15) is 37.4 Å². The summed E-state index contributed by atoms with van der Waals surface area (Å²) < 4.78 is 13.6. The summed E-state index contributed by atoms with van der Waals surface area (Å²) in [5, 5.41) is 5.65. The number of halogens is 1. The number of carbonyl (C=O) groups excluding carboxylic acids is 2. The average molecular weight is 390 g/mol. The molecule has 5 heteroatoms. The summed E-state index contributed by atoms with van der Waals surface area (Å²) in [5.41, 5.74) is 4.35. The lowest BCUT2D eigenvalue weighted by molar-refractivity contribution is 0.0952. The Morgan fingerprint density at radius 1 is 0.862 bits per heavy atom. The van der Waals surface area contributed by atoms with E-state index in [4.69, 9.17) is 0 Å². The molecule has 4 nitrogen and oxygen atoms in total. The van der Waals surface area contributed by atoms with E-state index in [9.17, 15) is 14.0 Å². The highest BCUT2D eigenvalue weighted by Gasteiger charge is 2.10. The van der Waals surface area contributed by atoms with Gasteiger partial charge in [0.1, 0.15) is 5.82 Å². The molecule has 29 heavy (non-hydrogen) atoms. The highest BCUT2D eigenvalue weighted by atomic mass is 19.1. The van der Waals surface area contributed by atoms with Crippen molar-refractivity contribution in [3.63, 3.8) is 0 Å². The molecule has 0 saturated heterocycles. The van der Waals surface area contributed by atoms with Gasteiger partial charge in [-0.3, -0.25) is 9.59 Å². The van der Waals surface area contributed by atoms with Crippen molar-refractivity contribution in [1.29, 1.82) is 0 Å². The van der Waals surface area contributed by atoms with Crippen LogP contribution in [0.5, 0.6) is 0 Å². The van der Waals surface area contributed by atoms with Crippen LogP contribution in [0.4, 0.5) is 10.1 Å². The number of aryl methyl sites for hydroxylation is 2. The molecule has 0 heterocycles. The molecule has 0 aromatic heterocycles. The van der Waals surface area contributed by atoms with Gasteiger partial charge in [-0.1, -0.05) is 35.9 Å². The predicted molar refractivity (Wildman–Crippen MR) is 113 cm³/mol. The first-order chi connectivity index (χ1) is 13.9. The molecule has 0 aliphatic rings. The van der Waals surface area contributed by atoms with Crippen LogP contribution in [0.15, 0.2) is 66.7 Å². The third-order valence-corrected chi connectivity index (χ3v) is 4.68. The van der Waals surface area contributed by atoms with Gasteiger partial charge in [-0.25, -0.2) is 4.39 Å². The fourth-order valence-corrected chi connectivity index (χ4v) is 3.04. The van der Waals surface area contributed by atoms with Gasteiger partial charge < -0.3 is 10.6 Å². The van der Waals surface area contributed by atoms with Crippen molar-refractivity contribution in [3.05, 3.63) is 100 Å². The highest BCUT2D eigenvalue weighted by molar-refractivity contribution is 6.05. The third kappa shape index (κ3) is 5.29. The second-order valence-electron chi connectivity index (χ2n) is 6.95. The van der Waals surface area contributed by atoms with Gasteiger partial charge in [0.25, 0.3) is 11.8 Å². The fraction of sp³-hybridized carbons (Fsp3) is 0.167. The molecule has 0 atom stereocenters. The molecule has 0 radical (unpaired) electrons. The number of rotatable bonds is 6. The van der Waals surface area contributed by atoms with Crippen LogP contribution in [0, 0.1) is 19.7 Å². The van der Waals surface area contributed by atoms with E-state index in [1.165, 1.54) is 6.07 Å². The topological polar surface area (TPSA) is 58.2 Å². The van der Waals surface area contributed by atoms with Gasteiger partial charge in [-0.2, -0.15) is 0 Å². The zero-order valence-corrected chi connectivity index (χ0v) is 16.5. The molecule has 148 valence electrons. The number of carbonyl (C=O) groups is 2. The molecule has 0 spiro atoms. The molecule has 3 rings (SSSR count).